The van der Waals surface area contributed by atoms with Crippen LogP contribution in [0, 0.1) is 5.92 Å². The first-order valence-electron chi connectivity index (χ1n) is 7.04. The summed E-state index contributed by atoms with van der Waals surface area (Å²) in [5, 5.41) is 0. The molecule has 0 aliphatic heterocycles. The monoisotopic (exact) mass is 272 g/mol. The molecular formula is C14H24O5. The minimum absolute atomic E-state index is 0.0557. The highest BCUT2D eigenvalue weighted by atomic mass is 16.8. The lowest BCUT2D eigenvalue weighted by Gasteiger charge is -2.22. The number of carbonyl (C=O) groups is 2. The van der Waals surface area contributed by atoms with Gasteiger partial charge < -0.3 is 14.2 Å². The Balaban J connectivity index is 2.21. The third-order valence-corrected chi connectivity index (χ3v) is 2.95. The summed E-state index contributed by atoms with van der Waals surface area (Å²) < 4.78 is 15.0. The zero-order valence-corrected chi connectivity index (χ0v) is 12.0. The third kappa shape index (κ3) is 7.03. The van der Waals surface area contributed by atoms with Crippen molar-refractivity contribution in [2.24, 2.45) is 5.92 Å². The van der Waals surface area contributed by atoms with Crippen molar-refractivity contribution < 1.29 is 23.8 Å². The van der Waals surface area contributed by atoms with Crippen molar-refractivity contribution in [3.63, 3.8) is 0 Å². The molecule has 1 atom stereocenters. The van der Waals surface area contributed by atoms with Crippen molar-refractivity contribution in [2.45, 2.75) is 71.7 Å². The molecule has 5 nitrogen and oxygen atoms in total. The van der Waals surface area contributed by atoms with Crippen molar-refractivity contribution in [1.29, 1.82) is 0 Å². The molecular weight excluding hydrogens is 248 g/mol. The molecule has 0 radical (unpaired) electrons. The summed E-state index contributed by atoms with van der Waals surface area (Å²) in [6, 6.07) is 0. The van der Waals surface area contributed by atoms with Crippen LogP contribution in [0.2, 0.25) is 0 Å². The van der Waals surface area contributed by atoms with Gasteiger partial charge in [0.1, 0.15) is 6.10 Å². The van der Waals surface area contributed by atoms with E-state index >= 15 is 0 Å². The number of esters is 1. The molecule has 1 aliphatic rings. The van der Waals surface area contributed by atoms with Crippen molar-refractivity contribution in [3.05, 3.63) is 0 Å². The van der Waals surface area contributed by atoms with Crippen molar-refractivity contribution >= 4 is 12.1 Å². The molecule has 0 amide bonds. The summed E-state index contributed by atoms with van der Waals surface area (Å²) in [4.78, 5) is 22.9. The van der Waals surface area contributed by atoms with Crippen LogP contribution in [0.3, 0.4) is 0 Å². The predicted octanol–water partition coefficient (Wildman–Crippen LogP) is 3.41. The highest BCUT2D eigenvalue weighted by Crippen LogP contribution is 2.20. The molecule has 0 bridgehead atoms. The fourth-order valence-electron chi connectivity index (χ4n) is 2.07. The van der Waals surface area contributed by atoms with Gasteiger partial charge in [0.2, 0.25) is 6.29 Å². The second kappa shape index (κ2) is 8.02. The van der Waals surface area contributed by atoms with E-state index in [1.54, 1.807) is 0 Å². The van der Waals surface area contributed by atoms with E-state index < -0.39 is 12.4 Å². The van der Waals surface area contributed by atoms with Crippen molar-refractivity contribution in [2.75, 3.05) is 0 Å². The van der Waals surface area contributed by atoms with Crippen LogP contribution in [0.4, 0.5) is 4.79 Å². The summed E-state index contributed by atoms with van der Waals surface area (Å²) in [7, 11) is 0. The van der Waals surface area contributed by atoms with Gasteiger partial charge in [0.15, 0.2) is 0 Å². The average Bonchev–Trinajstić information content (AvgIpc) is 2.28. The number of ether oxygens (including phenoxy) is 3. The first kappa shape index (κ1) is 15.8. The number of carbonyl (C=O) groups excluding carboxylic acids is 2. The molecule has 0 aromatic rings. The van der Waals surface area contributed by atoms with E-state index in [0.717, 1.165) is 25.7 Å². The smallest absolute Gasteiger partial charge is 0.431 e. The van der Waals surface area contributed by atoms with Gasteiger partial charge in [-0.05, 0) is 31.6 Å². The first-order chi connectivity index (χ1) is 8.97. The SMILES string of the molecule is CC(C)CC(=O)OC(C)OC(=O)OC1CCCCC1. The van der Waals surface area contributed by atoms with Crippen LogP contribution in [0.25, 0.3) is 0 Å². The highest BCUT2D eigenvalue weighted by Gasteiger charge is 2.21. The maximum atomic E-state index is 11.5. The van der Waals surface area contributed by atoms with Gasteiger partial charge >= 0.3 is 12.1 Å². The van der Waals surface area contributed by atoms with E-state index in [0.29, 0.717) is 6.42 Å². The second-order valence-corrected chi connectivity index (χ2v) is 5.40. The Labute approximate surface area is 114 Å². The lowest BCUT2D eigenvalue weighted by Crippen LogP contribution is -2.26. The van der Waals surface area contributed by atoms with Crippen molar-refractivity contribution in [3.8, 4) is 0 Å². The van der Waals surface area contributed by atoms with Crippen LogP contribution < -0.4 is 0 Å². The fraction of sp³-hybridized carbons (Fsp3) is 0.857. The Bertz CT molecular complexity index is 294. The second-order valence-electron chi connectivity index (χ2n) is 5.40. The number of rotatable bonds is 5. The molecule has 1 saturated carbocycles. The Morgan fingerprint density at radius 1 is 1.05 bits per heavy atom. The van der Waals surface area contributed by atoms with Gasteiger partial charge in [-0.1, -0.05) is 20.3 Å². The molecule has 1 fully saturated rings. The maximum Gasteiger partial charge on any atom is 0.511 e. The molecule has 0 heterocycles. The molecule has 1 aliphatic carbocycles. The fourth-order valence-corrected chi connectivity index (χ4v) is 2.07. The largest absolute Gasteiger partial charge is 0.511 e. The quantitative estimate of drug-likeness (QED) is 0.567. The van der Waals surface area contributed by atoms with Gasteiger partial charge in [-0.25, -0.2) is 4.79 Å². The van der Waals surface area contributed by atoms with Gasteiger partial charge in [0, 0.05) is 13.3 Å². The molecule has 0 aromatic heterocycles. The lowest BCUT2D eigenvalue weighted by molar-refractivity contribution is -0.169. The highest BCUT2D eigenvalue weighted by molar-refractivity contribution is 5.70. The molecule has 0 spiro atoms. The van der Waals surface area contributed by atoms with Gasteiger partial charge in [-0.3, -0.25) is 4.79 Å². The molecule has 0 N–H and O–H groups in total. The minimum Gasteiger partial charge on any atom is -0.431 e. The lowest BCUT2D eigenvalue weighted by atomic mass is 9.98. The normalized spacial score (nSPS) is 17.9. The van der Waals surface area contributed by atoms with E-state index in [4.69, 9.17) is 14.2 Å². The number of hydrogen-bond donors (Lipinski definition) is 0. The first-order valence-corrected chi connectivity index (χ1v) is 7.04. The summed E-state index contributed by atoms with van der Waals surface area (Å²) in [5.74, 6) is -0.151. The topological polar surface area (TPSA) is 61.8 Å². The standard InChI is InChI=1S/C14H24O5/c1-10(2)9-13(15)17-11(3)18-14(16)19-12-7-5-4-6-8-12/h10-12H,4-9H2,1-3H3. The van der Waals surface area contributed by atoms with Crippen LogP contribution in [0.15, 0.2) is 0 Å². The van der Waals surface area contributed by atoms with Crippen molar-refractivity contribution in [1.82, 2.24) is 0 Å². The summed E-state index contributed by atoms with van der Waals surface area (Å²) in [6.07, 6.45) is 3.73. The summed E-state index contributed by atoms with van der Waals surface area (Å²) >= 11 is 0. The van der Waals surface area contributed by atoms with E-state index in [1.807, 2.05) is 13.8 Å². The van der Waals surface area contributed by atoms with Crippen LogP contribution >= 0.6 is 0 Å². The minimum atomic E-state index is -0.901. The van der Waals surface area contributed by atoms with E-state index in [1.165, 1.54) is 13.3 Å². The third-order valence-electron chi connectivity index (χ3n) is 2.95. The molecule has 1 unspecified atom stereocenters. The zero-order valence-electron chi connectivity index (χ0n) is 12.0. The Kier molecular flexibility index (Phi) is 6.67. The van der Waals surface area contributed by atoms with Gasteiger partial charge in [0.25, 0.3) is 0 Å². The zero-order chi connectivity index (χ0) is 14.3. The molecule has 0 saturated heterocycles. The molecule has 110 valence electrons. The van der Waals surface area contributed by atoms with E-state index in [-0.39, 0.29) is 18.0 Å². The van der Waals surface area contributed by atoms with E-state index in [2.05, 4.69) is 0 Å². The predicted molar refractivity (Wildman–Crippen MR) is 69.4 cm³/mol. The van der Waals surface area contributed by atoms with Crippen LogP contribution in [0.1, 0.15) is 59.3 Å². The van der Waals surface area contributed by atoms with Gasteiger partial charge in [0.05, 0.1) is 0 Å². The summed E-state index contributed by atoms with van der Waals surface area (Å²) in [6.45, 7) is 5.36. The summed E-state index contributed by atoms with van der Waals surface area (Å²) in [5.41, 5.74) is 0. The Morgan fingerprint density at radius 2 is 1.68 bits per heavy atom. The Hall–Kier alpha value is -1.26. The average molecular weight is 272 g/mol. The molecule has 19 heavy (non-hydrogen) atoms. The molecule has 5 heteroatoms. The van der Waals surface area contributed by atoms with Crippen LogP contribution in [0.5, 0.6) is 0 Å². The maximum absolute atomic E-state index is 11.5. The Morgan fingerprint density at radius 3 is 2.26 bits per heavy atom. The van der Waals surface area contributed by atoms with Gasteiger partial charge in [-0.15, -0.1) is 0 Å². The van der Waals surface area contributed by atoms with Crippen LogP contribution in [-0.4, -0.2) is 24.5 Å². The number of hydrogen-bond acceptors (Lipinski definition) is 5. The van der Waals surface area contributed by atoms with Gasteiger partial charge in [-0.2, -0.15) is 0 Å². The molecule has 1 rings (SSSR count). The van der Waals surface area contributed by atoms with Crippen LogP contribution in [-0.2, 0) is 19.0 Å². The van der Waals surface area contributed by atoms with E-state index in [9.17, 15) is 9.59 Å². The molecule has 0 aromatic carbocycles.